The SMILES string of the molecule is CC(C)CC[C@@H]1CCN(C2CCC2)C[C@@H]1S. The predicted molar refractivity (Wildman–Crippen MR) is 74.2 cm³/mol. The van der Waals surface area contributed by atoms with Crippen molar-refractivity contribution in [2.24, 2.45) is 11.8 Å². The number of nitrogens with zero attached hydrogens (tertiary/aromatic N) is 1. The summed E-state index contributed by atoms with van der Waals surface area (Å²) in [5.41, 5.74) is 0. The van der Waals surface area contributed by atoms with E-state index in [2.05, 4.69) is 18.7 Å². The molecule has 0 bridgehead atoms. The van der Waals surface area contributed by atoms with Crippen molar-refractivity contribution in [2.45, 2.75) is 63.7 Å². The second-order valence-electron chi connectivity index (χ2n) is 6.17. The summed E-state index contributed by atoms with van der Waals surface area (Å²) >= 11 is 4.83. The van der Waals surface area contributed by atoms with Crippen LogP contribution in [0.15, 0.2) is 0 Å². The quantitative estimate of drug-likeness (QED) is 0.736. The Bertz CT molecular complexity index is 213. The van der Waals surface area contributed by atoms with Gasteiger partial charge in [0.15, 0.2) is 0 Å². The zero-order valence-corrected chi connectivity index (χ0v) is 11.8. The monoisotopic (exact) mass is 241 g/mol. The minimum Gasteiger partial charge on any atom is -0.299 e. The molecule has 16 heavy (non-hydrogen) atoms. The van der Waals surface area contributed by atoms with Crippen LogP contribution < -0.4 is 0 Å². The molecule has 1 nitrogen and oxygen atoms in total. The molecule has 0 aromatic carbocycles. The van der Waals surface area contributed by atoms with E-state index in [1.165, 1.54) is 51.6 Å². The van der Waals surface area contributed by atoms with Gasteiger partial charge in [0.05, 0.1) is 0 Å². The summed E-state index contributed by atoms with van der Waals surface area (Å²) in [7, 11) is 0. The van der Waals surface area contributed by atoms with Crippen molar-refractivity contribution in [2.75, 3.05) is 13.1 Å². The van der Waals surface area contributed by atoms with Crippen molar-refractivity contribution in [3.8, 4) is 0 Å². The Balaban J connectivity index is 1.73. The van der Waals surface area contributed by atoms with Crippen molar-refractivity contribution in [3.05, 3.63) is 0 Å². The van der Waals surface area contributed by atoms with Gasteiger partial charge in [-0.25, -0.2) is 0 Å². The molecule has 2 fully saturated rings. The van der Waals surface area contributed by atoms with Gasteiger partial charge in [-0.3, -0.25) is 4.90 Å². The standard InChI is InChI=1S/C14H27NS/c1-11(2)6-7-12-8-9-15(10-14(12)16)13-4-3-5-13/h11-14,16H,3-10H2,1-2H3/t12-,14+/m1/s1. The lowest BCUT2D eigenvalue weighted by atomic mass is 9.85. The van der Waals surface area contributed by atoms with Gasteiger partial charge in [-0.1, -0.05) is 26.7 Å². The molecule has 1 saturated heterocycles. The Labute approximate surface area is 106 Å². The number of thiol groups is 1. The maximum atomic E-state index is 4.83. The topological polar surface area (TPSA) is 3.24 Å². The third-order valence-corrected chi connectivity index (χ3v) is 5.04. The first kappa shape index (κ1) is 12.8. The van der Waals surface area contributed by atoms with Gasteiger partial charge < -0.3 is 0 Å². The summed E-state index contributed by atoms with van der Waals surface area (Å²) in [5, 5.41) is 0.632. The van der Waals surface area contributed by atoms with E-state index >= 15 is 0 Å². The smallest absolute Gasteiger partial charge is 0.0173 e. The Morgan fingerprint density at radius 1 is 1.25 bits per heavy atom. The van der Waals surface area contributed by atoms with Crippen LogP contribution in [-0.2, 0) is 0 Å². The number of likely N-dealkylation sites (tertiary alicyclic amines) is 1. The van der Waals surface area contributed by atoms with Crippen LogP contribution in [0.2, 0.25) is 0 Å². The van der Waals surface area contributed by atoms with Crippen molar-refractivity contribution in [1.82, 2.24) is 4.90 Å². The molecule has 1 saturated carbocycles. The summed E-state index contributed by atoms with van der Waals surface area (Å²) in [4.78, 5) is 2.70. The summed E-state index contributed by atoms with van der Waals surface area (Å²) in [6.07, 6.45) is 8.50. The van der Waals surface area contributed by atoms with Crippen molar-refractivity contribution in [1.29, 1.82) is 0 Å². The van der Waals surface area contributed by atoms with Gasteiger partial charge in [0.2, 0.25) is 0 Å². The van der Waals surface area contributed by atoms with Crippen molar-refractivity contribution < 1.29 is 0 Å². The first-order chi connectivity index (χ1) is 7.66. The molecule has 2 atom stereocenters. The van der Waals surface area contributed by atoms with Crippen LogP contribution in [0.1, 0.15) is 52.4 Å². The van der Waals surface area contributed by atoms with Crippen LogP contribution in [0, 0.1) is 11.8 Å². The highest BCUT2D eigenvalue weighted by atomic mass is 32.1. The molecule has 0 aromatic rings. The van der Waals surface area contributed by atoms with Crippen LogP contribution in [0.4, 0.5) is 0 Å². The Kier molecular flexibility index (Phi) is 4.60. The fourth-order valence-electron chi connectivity index (χ4n) is 2.97. The average Bonchev–Trinajstić information content (AvgIpc) is 2.13. The summed E-state index contributed by atoms with van der Waals surface area (Å²) in [5.74, 6) is 1.73. The zero-order chi connectivity index (χ0) is 11.5. The van der Waals surface area contributed by atoms with Crippen LogP contribution in [0.5, 0.6) is 0 Å². The maximum Gasteiger partial charge on any atom is 0.0173 e. The van der Waals surface area contributed by atoms with Gasteiger partial charge in [0, 0.05) is 17.8 Å². The molecule has 0 radical (unpaired) electrons. The summed E-state index contributed by atoms with van der Waals surface area (Å²) in [6.45, 7) is 7.25. The fraction of sp³-hybridized carbons (Fsp3) is 1.00. The normalized spacial score (nSPS) is 33.0. The molecule has 94 valence electrons. The average molecular weight is 241 g/mol. The van der Waals surface area contributed by atoms with Crippen LogP contribution in [0.25, 0.3) is 0 Å². The van der Waals surface area contributed by atoms with Crippen LogP contribution >= 0.6 is 12.6 Å². The minimum atomic E-state index is 0.632. The minimum absolute atomic E-state index is 0.632. The number of hydrogen-bond donors (Lipinski definition) is 1. The second kappa shape index (κ2) is 5.77. The van der Waals surface area contributed by atoms with Crippen LogP contribution in [0.3, 0.4) is 0 Å². The van der Waals surface area contributed by atoms with E-state index in [4.69, 9.17) is 12.6 Å². The van der Waals surface area contributed by atoms with E-state index in [0.29, 0.717) is 5.25 Å². The molecule has 1 aliphatic heterocycles. The van der Waals surface area contributed by atoms with E-state index in [1.807, 2.05) is 0 Å². The molecule has 0 N–H and O–H groups in total. The van der Waals surface area contributed by atoms with E-state index in [9.17, 15) is 0 Å². The lowest BCUT2D eigenvalue weighted by molar-refractivity contribution is 0.0858. The van der Waals surface area contributed by atoms with Crippen molar-refractivity contribution in [3.63, 3.8) is 0 Å². The Morgan fingerprint density at radius 3 is 2.50 bits per heavy atom. The lowest BCUT2D eigenvalue weighted by Crippen LogP contribution is -2.49. The van der Waals surface area contributed by atoms with Gasteiger partial charge in [0.25, 0.3) is 0 Å². The lowest BCUT2D eigenvalue weighted by Gasteiger charge is -2.44. The second-order valence-corrected chi connectivity index (χ2v) is 6.83. The highest BCUT2D eigenvalue weighted by molar-refractivity contribution is 7.81. The van der Waals surface area contributed by atoms with Gasteiger partial charge >= 0.3 is 0 Å². The molecular formula is C14H27NS. The number of piperidine rings is 1. The van der Waals surface area contributed by atoms with Gasteiger partial charge in [0.1, 0.15) is 0 Å². The number of rotatable bonds is 4. The van der Waals surface area contributed by atoms with Gasteiger partial charge in [-0.05, 0) is 44.1 Å². The van der Waals surface area contributed by atoms with E-state index in [1.54, 1.807) is 0 Å². The van der Waals surface area contributed by atoms with Crippen molar-refractivity contribution >= 4 is 12.6 Å². The van der Waals surface area contributed by atoms with E-state index < -0.39 is 0 Å². The first-order valence-electron chi connectivity index (χ1n) is 7.09. The molecule has 0 amide bonds. The zero-order valence-electron chi connectivity index (χ0n) is 10.9. The highest BCUT2D eigenvalue weighted by Gasteiger charge is 2.32. The Hall–Kier alpha value is 0.310. The summed E-state index contributed by atoms with van der Waals surface area (Å²) < 4.78 is 0. The third-order valence-electron chi connectivity index (χ3n) is 4.46. The van der Waals surface area contributed by atoms with E-state index in [0.717, 1.165) is 17.9 Å². The molecule has 2 rings (SSSR count). The molecule has 0 aromatic heterocycles. The summed E-state index contributed by atoms with van der Waals surface area (Å²) in [6, 6.07) is 0.917. The predicted octanol–water partition coefficient (Wildman–Crippen LogP) is 3.60. The molecule has 0 spiro atoms. The third kappa shape index (κ3) is 3.16. The molecule has 1 aliphatic carbocycles. The van der Waals surface area contributed by atoms with E-state index in [-0.39, 0.29) is 0 Å². The Morgan fingerprint density at radius 2 is 2.00 bits per heavy atom. The largest absolute Gasteiger partial charge is 0.299 e. The van der Waals surface area contributed by atoms with Gasteiger partial charge in [-0.2, -0.15) is 12.6 Å². The van der Waals surface area contributed by atoms with Crippen LogP contribution in [-0.4, -0.2) is 29.3 Å². The molecule has 0 unspecified atom stereocenters. The fourth-order valence-corrected chi connectivity index (χ4v) is 3.48. The van der Waals surface area contributed by atoms with Gasteiger partial charge in [-0.15, -0.1) is 0 Å². The molecule has 2 aliphatic rings. The molecular weight excluding hydrogens is 214 g/mol. The first-order valence-corrected chi connectivity index (χ1v) is 7.60. The molecule has 2 heteroatoms. The highest BCUT2D eigenvalue weighted by Crippen LogP contribution is 2.33. The molecule has 1 heterocycles. The maximum absolute atomic E-state index is 4.83. The number of hydrogen-bond acceptors (Lipinski definition) is 2.